The van der Waals surface area contributed by atoms with Gasteiger partial charge in [-0.2, -0.15) is 0 Å². The zero-order chi connectivity index (χ0) is 12.3. The summed E-state index contributed by atoms with van der Waals surface area (Å²) in [5.41, 5.74) is 1.88. The molecule has 2 rings (SSSR count). The highest BCUT2D eigenvalue weighted by Crippen LogP contribution is 2.18. The van der Waals surface area contributed by atoms with E-state index in [0.717, 1.165) is 16.3 Å². The van der Waals surface area contributed by atoms with Crippen molar-refractivity contribution < 1.29 is 4.79 Å². The van der Waals surface area contributed by atoms with Crippen LogP contribution in [-0.4, -0.2) is 20.0 Å². The third kappa shape index (κ3) is 2.85. The Bertz CT molecular complexity index is 506. The van der Waals surface area contributed by atoms with E-state index < -0.39 is 0 Å². The van der Waals surface area contributed by atoms with Gasteiger partial charge in [-0.15, -0.1) is 11.3 Å². The number of rotatable bonds is 3. The Balaban J connectivity index is 2.14. The summed E-state index contributed by atoms with van der Waals surface area (Å²) < 4.78 is 0. The summed E-state index contributed by atoms with van der Waals surface area (Å²) in [5.74, 6) is -0.0593. The molecule has 0 aliphatic heterocycles. The first-order valence-corrected chi connectivity index (χ1v) is 6.17. The molecule has 0 atom stereocenters. The average molecular weight is 246 g/mol. The number of carbonyl (C=O) groups excluding carboxylic acids is 1. The molecule has 0 radical (unpaired) electrons. The lowest BCUT2D eigenvalue weighted by molar-refractivity contribution is 0.103. The van der Waals surface area contributed by atoms with Crippen LogP contribution in [0.15, 0.2) is 41.8 Å². The number of hydrogen-bond donors (Lipinski definition) is 1. The lowest BCUT2D eigenvalue weighted by Crippen LogP contribution is -2.12. The van der Waals surface area contributed by atoms with Gasteiger partial charge in [0.2, 0.25) is 0 Å². The summed E-state index contributed by atoms with van der Waals surface area (Å²) in [6, 6.07) is 11.5. The smallest absolute Gasteiger partial charge is 0.265 e. The largest absolute Gasteiger partial charge is 0.378 e. The summed E-state index contributed by atoms with van der Waals surface area (Å²) in [6.07, 6.45) is 0. The van der Waals surface area contributed by atoms with E-state index in [0.29, 0.717) is 0 Å². The van der Waals surface area contributed by atoms with Crippen molar-refractivity contribution in [2.75, 3.05) is 24.3 Å². The molecule has 0 unspecified atom stereocenters. The van der Waals surface area contributed by atoms with E-state index in [1.54, 1.807) is 0 Å². The lowest BCUT2D eigenvalue weighted by Gasteiger charge is -2.13. The highest BCUT2D eigenvalue weighted by molar-refractivity contribution is 7.12. The number of carbonyl (C=O) groups is 1. The number of amides is 1. The van der Waals surface area contributed by atoms with Gasteiger partial charge in [-0.25, -0.2) is 0 Å². The summed E-state index contributed by atoms with van der Waals surface area (Å²) in [5, 5.41) is 4.78. The van der Waals surface area contributed by atoms with Gasteiger partial charge >= 0.3 is 0 Å². The molecule has 0 fully saturated rings. The van der Waals surface area contributed by atoms with Crippen molar-refractivity contribution >= 4 is 28.6 Å². The summed E-state index contributed by atoms with van der Waals surface area (Å²) >= 11 is 1.44. The number of nitrogens with one attached hydrogen (secondary N) is 1. The molecule has 17 heavy (non-hydrogen) atoms. The second-order valence-electron chi connectivity index (χ2n) is 3.88. The minimum Gasteiger partial charge on any atom is -0.378 e. The molecular weight excluding hydrogens is 232 g/mol. The van der Waals surface area contributed by atoms with E-state index >= 15 is 0 Å². The first kappa shape index (κ1) is 11.7. The number of hydrogen-bond acceptors (Lipinski definition) is 3. The normalized spacial score (nSPS) is 10.0. The zero-order valence-corrected chi connectivity index (χ0v) is 10.6. The predicted molar refractivity (Wildman–Crippen MR) is 73.0 cm³/mol. The molecule has 2 aromatic rings. The number of nitrogens with zero attached hydrogens (tertiary/aromatic N) is 1. The van der Waals surface area contributed by atoms with Gasteiger partial charge in [0.05, 0.1) is 4.88 Å². The Labute approximate surface area is 105 Å². The molecular formula is C13H14N2OS. The molecule has 1 amide bonds. The maximum absolute atomic E-state index is 11.8. The Morgan fingerprint density at radius 2 is 2.06 bits per heavy atom. The van der Waals surface area contributed by atoms with Crippen LogP contribution in [0.2, 0.25) is 0 Å². The third-order valence-electron chi connectivity index (χ3n) is 2.37. The zero-order valence-electron chi connectivity index (χ0n) is 9.81. The Morgan fingerprint density at radius 1 is 1.24 bits per heavy atom. The maximum atomic E-state index is 11.8. The van der Waals surface area contributed by atoms with Crippen LogP contribution >= 0.6 is 11.3 Å². The van der Waals surface area contributed by atoms with Crippen LogP contribution in [0.4, 0.5) is 11.4 Å². The van der Waals surface area contributed by atoms with Crippen LogP contribution in [0.5, 0.6) is 0 Å². The minimum atomic E-state index is -0.0593. The second kappa shape index (κ2) is 5.01. The van der Waals surface area contributed by atoms with Gasteiger partial charge in [-0.05, 0) is 29.6 Å². The second-order valence-corrected chi connectivity index (χ2v) is 4.82. The number of anilines is 2. The maximum Gasteiger partial charge on any atom is 0.265 e. The first-order chi connectivity index (χ1) is 8.16. The predicted octanol–water partition coefficient (Wildman–Crippen LogP) is 3.07. The lowest BCUT2D eigenvalue weighted by atomic mass is 10.2. The first-order valence-electron chi connectivity index (χ1n) is 5.29. The molecule has 0 aliphatic carbocycles. The molecule has 1 aromatic carbocycles. The summed E-state index contributed by atoms with van der Waals surface area (Å²) in [4.78, 5) is 14.6. The van der Waals surface area contributed by atoms with Crippen molar-refractivity contribution in [3.05, 3.63) is 46.7 Å². The van der Waals surface area contributed by atoms with Gasteiger partial charge in [0.25, 0.3) is 5.91 Å². The van der Waals surface area contributed by atoms with Crippen LogP contribution in [0.25, 0.3) is 0 Å². The van der Waals surface area contributed by atoms with E-state index in [9.17, 15) is 4.79 Å². The number of thiophene rings is 1. The molecule has 0 bridgehead atoms. The van der Waals surface area contributed by atoms with Crippen molar-refractivity contribution in [2.45, 2.75) is 0 Å². The molecule has 1 N–H and O–H groups in total. The molecule has 0 saturated heterocycles. The SMILES string of the molecule is CN(C)c1cccc(NC(=O)c2cccs2)c1. The van der Waals surface area contributed by atoms with E-state index in [1.165, 1.54) is 11.3 Å². The molecule has 1 heterocycles. The Hall–Kier alpha value is -1.81. The van der Waals surface area contributed by atoms with Crippen molar-refractivity contribution in [1.82, 2.24) is 0 Å². The molecule has 0 aliphatic rings. The van der Waals surface area contributed by atoms with Crippen LogP contribution in [-0.2, 0) is 0 Å². The van der Waals surface area contributed by atoms with E-state index in [1.807, 2.05) is 60.8 Å². The van der Waals surface area contributed by atoms with Crippen molar-refractivity contribution in [3.8, 4) is 0 Å². The van der Waals surface area contributed by atoms with Crippen molar-refractivity contribution in [2.24, 2.45) is 0 Å². The van der Waals surface area contributed by atoms with Gasteiger partial charge in [-0.1, -0.05) is 12.1 Å². The van der Waals surface area contributed by atoms with Gasteiger partial charge in [0, 0.05) is 25.5 Å². The number of benzene rings is 1. The van der Waals surface area contributed by atoms with Crippen molar-refractivity contribution in [3.63, 3.8) is 0 Å². The molecule has 0 spiro atoms. The van der Waals surface area contributed by atoms with Crippen molar-refractivity contribution in [1.29, 1.82) is 0 Å². The summed E-state index contributed by atoms with van der Waals surface area (Å²) in [6.45, 7) is 0. The molecule has 88 valence electrons. The fourth-order valence-corrected chi connectivity index (χ4v) is 2.08. The quantitative estimate of drug-likeness (QED) is 0.902. The van der Waals surface area contributed by atoms with Crippen LogP contribution in [0, 0.1) is 0 Å². The third-order valence-corrected chi connectivity index (χ3v) is 3.23. The van der Waals surface area contributed by atoms with Gasteiger partial charge < -0.3 is 10.2 Å². The van der Waals surface area contributed by atoms with E-state index in [-0.39, 0.29) is 5.91 Å². The van der Waals surface area contributed by atoms with Gasteiger partial charge in [-0.3, -0.25) is 4.79 Å². The van der Waals surface area contributed by atoms with E-state index in [2.05, 4.69) is 5.32 Å². The summed E-state index contributed by atoms with van der Waals surface area (Å²) in [7, 11) is 3.94. The minimum absolute atomic E-state index is 0.0593. The van der Waals surface area contributed by atoms with Crippen LogP contribution in [0.1, 0.15) is 9.67 Å². The molecule has 1 aromatic heterocycles. The van der Waals surface area contributed by atoms with Gasteiger partial charge in [0.15, 0.2) is 0 Å². The molecule has 0 saturated carbocycles. The topological polar surface area (TPSA) is 32.3 Å². The Morgan fingerprint density at radius 3 is 2.71 bits per heavy atom. The molecule has 4 heteroatoms. The molecule has 3 nitrogen and oxygen atoms in total. The highest BCUT2D eigenvalue weighted by atomic mass is 32.1. The standard InChI is InChI=1S/C13H14N2OS/c1-15(2)11-6-3-5-10(9-11)14-13(16)12-7-4-8-17-12/h3-9H,1-2H3,(H,14,16). The van der Waals surface area contributed by atoms with Crippen LogP contribution in [0.3, 0.4) is 0 Å². The fraction of sp³-hybridized carbons (Fsp3) is 0.154. The van der Waals surface area contributed by atoms with Gasteiger partial charge in [0.1, 0.15) is 0 Å². The monoisotopic (exact) mass is 246 g/mol. The highest BCUT2D eigenvalue weighted by Gasteiger charge is 2.07. The fourth-order valence-electron chi connectivity index (χ4n) is 1.46. The Kier molecular flexibility index (Phi) is 3.44. The average Bonchev–Trinajstić information content (AvgIpc) is 2.82. The van der Waals surface area contributed by atoms with Crippen LogP contribution < -0.4 is 10.2 Å². The van der Waals surface area contributed by atoms with E-state index in [4.69, 9.17) is 0 Å².